The summed E-state index contributed by atoms with van der Waals surface area (Å²) in [5.74, 6) is -0.971. The van der Waals surface area contributed by atoms with Crippen LogP contribution in [0.15, 0.2) is 36.1 Å². The molecular weight excluding hydrogens is 292 g/mol. The summed E-state index contributed by atoms with van der Waals surface area (Å²) in [6.07, 6.45) is 2.49. The number of ether oxygens (including phenoxy) is 1. The molecule has 1 heterocycles. The zero-order chi connectivity index (χ0) is 15.3. The number of hydrogen-bond acceptors (Lipinski definition) is 5. The number of nitriles is 1. The molecular formula is C14H14N2O4S. The predicted molar refractivity (Wildman–Crippen MR) is 75.2 cm³/mol. The summed E-state index contributed by atoms with van der Waals surface area (Å²) in [4.78, 5) is 11.8. The van der Waals surface area contributed by atoms with E-state index in [4.69, 9.17) is 10.00 Å². The third kappa shape index (κ3) is 4.33. The topological polar surface area (TPSA) is 96.3 Å². The number of carbonyl (C=O) groups excluding carboxylic acids is 1. The van der Waals surface area contributed by atoms with Crippen molar-refractivity contribution in [3.05, 3.63) is 47.2 Å². The zero-order valence-electron chi connectivity index (χ0n) is 11.2. The van der Waals surface area contributed by atoms with E-state index >= 15 is 0 Å². The number of hydrogen-bond donors (Lipinski definition) is 1. The van der Waals surface area contributed by atoms with E-state index in [0.717, 1.165) is 0 Å². The van der Waals surface area contributed by atoms with E-state index < -0.39 is 15.9 Å². The Labute approximate surface area is 123 Å². The molecule has 0 atom stereocenters. The molecule has 1 amide bonds. The minimum absolute atomic E-state index is 0.321. The second kappa shape index (κ2) is 6.41. The molecule has 7 heteroatoms. The van der Waals surface area contributed by atoms with Crippen LogP contribution in [0.5, 0.6) is 0 Å². The van der Waals surface area contributed by atoms with E-state index in [0.29, 0.717) is 36.1 Å². The highest BCUT2D eigenvalue weighted by molar-refractivity contribution is 7.89. The molecule has 110 valence electrons. The van der Waals surface area contributed by atoms with Crippen molar-refractivity contribution in [3.8, 4) is 6.07 Å². The van der Waals surface area contributed by atoms with Gasteiger partial charge in [-0.2, -0.15) is 5.26 Å². The maximum absolute atomic E-state index is 11.9. The van der Waals surface area contributed by atoms with E-state index in [1.54, 1.807) is 12.1 Å². The highest BCUT2D eigenvalue weighted by atomic mass is 32.2. The smallest absolute Gasteiger partial charge is 0.263 e. The van der Waals surface area contributed by atoms with E-state index in [1.807, 2.05) is 10.8 Å². The summed E-state index contributed by atoms with van der Waals surface area (Å²) in [6, 6.07) is 8.11. The molecule has 1 aromatic carbocycles. The van der Waals surface area contributed by atoms with Crippen LogP contribution in [0, 0.1) is 11.3 Å². The number of benzene rings is 1. The van der Waals surface area contributed by atoms with Crippen LogP contribution in [0.3, 0.4) is 0 Å². The molecule has 21 heavy (non-hydrogen) atoms. The Bertz CT molecular complexity index is 699. The molecule has 1 aliphatic heterocycles. The lowest BCUT2D eigenvalue weighted by Crippen LogP contribution is -2.33. The molecule has 0 bridgehead atoms. The first-order chi connectivity index (χ1) is 10.00. The third-order valence-electron chi connectivity index (χ3n) is 2.91. The van der Waals surface area contributed by atoms with Gasteiger partial charge in [0.1, 0.15) is 0 Å². The van der Waals surface area contributed by atoms with Crippen molar-refractivity contribution < 1.29 is 17.9 Å². The van der Waals surface area contributed by atoms with Crippen LogP contribution in [0.25, 0.3) is 0 Å². The van der Waals surface area contributed by atoms with Crippen molar-refractivity contribution in [2.75, 3.05) is 6.61 Å². The fourth-order valence-electron chi connectivity index (χ4n) is 1.87. The maximum atomic E-state index is 11.9. The van der Waals surface area contributed by atoms with Gasteiger partial charge in [-0.25, -0.2) is 13.1 Å². The Hall–Kier alpha value is -2.33. The van der Waals surface area contributed by atoms with Crippen LogP contribution in [0.2, 0.25) is 0 Å². The minimum Gasteiger partial charge on any atom is -0.501 e. The largest absolute Gasteiger partial charge is 0.501 e. The monoisotopic (exact) mass is 306 g/mol. The third-order valence-corrected chi connectivity index (χ3v) is 4.12. The van der Waals surface area contributed by atoms with Gasteiger partial charge in [0, 0.05) is 0 Å². The lowest BCUT2D eigenvalue weighted by Gasteiger charge is -2.13. The molecule has 0 aliphatic carbocycles. The second-order valence-electron chi connectivity index (χ2n) is 4.62. The number of rotatable bonds is 4. The van der Waals surface area contributed by atoms with Crippen LogP contribution < -0.4 is 4.72 Å². The van der Waals surface area contributed by atoms with Gasteiger partial charge in [-0.3, -0.25) is 4.79 Å². The van der Waals surface area contributed by atoms with Gasteiger partial charge in [-0.15, -0.1) is 0 Å². The average Bonchev–Trinajstić information content (AvgIpc) is 2.48. The van der Waals surface area contributed by atoms with Gasteiger partial charge in [-0.05, 0) is 30.5 Å². The number of nitrogens with zero attached hydrogens (tertiary/aromatic N) is 1. The highest BCUT2D eigenvalue weighted by Gasteiger charge is 2.20. The van der Waals surface area contributed by atoms with Gasteiger partial charge >= 0.3 is 0 Å². The number of amides is 1. The molecule has 0 unspecified atom stereocenters. The van der Waals surface area contributed by atoms with Crippen molar-refractivity contribution in [3.63, 3.8) is 0 Å². The molecule has 6 nitrogen and oxygen atoms in total. The zero-order valence-corrected chi connectivity index (χ0v) is 12.0. The van der Waals surface area contributed by atoms with Crippen molar-refractivity contribution in [2.45, 2.75) is 18.6 Å². The second-order valence-corrected chi connectivity index (χ2v) is 6.34. The number of carbonyl (C=O) groups is 1. The minimum atomic E-state index is -3.78. The summed E-state index contributed by atoms with van der Waals surface area (Å²) < 4.78 is 30.9. The molecule has 2 rings (SSSR count). The quantitative estimate of drug-likeness (QED) is 0.901. The Morgan fingerprint density at radius 3 is 2.62 bits per heavy atom. The molecule has 0 spiro atoms. The number of sulfonamides is 1. The van der Waals surface area contributed by atoms with E-state index in [2.05, 4.69) is 0 Å². The molecule has 0 radical (unpaired) electrons. The predicted octanol–water partition coefficient (Wildman–Crippen LogP) is 1.20. The van der Waals surface area contributed by atoms with Crippen LogP contribution in [0.1, 0.15) is 24.0 Å². The van der Waals surface area contributed by atoms with Crippen LogP contribution in [-0.2, 0) is 25.3 Å². The Balaban J connectivity index is 2.02. The van der Waals surface area contributed by atoms with Crippen molar-refractivity contribution >= 4 is 15.9 Å². The molecule has 1 N–H and O–H groups in total. The van der Waals surface area contributed by atoms with Crippen LogP contribution >= 0.6 is 0 Å². The lowest BCUT2D eigenvalue weighted by atomic mass is 10.1. The van der Waals surface area contributed by atoms with Crippen molar-refractivity contribution in [2.24, 2.45) is 0 Å². The van der Waals surface area contributed by atoms with Gasteiger partial charge in [0.25, 0.3) is 5.91 Å². The van der Waals surface area contributed by atoms with Gasteiger partial charge in [0.05, 0.1) is 35.8 Å². The highest BCUT2D eigenvalue weighted by Crippen LogP contribution is 2.13. The summed E-state index contributed by atoms with van der Waals surface area (Å²) in [5.41, 5.74) is 1.28. The van der Waals surface area contributed by atoms with E-state index in [1.165, 1.54) is 18.4 Å². The van der Waals surface area contributed by atoms with Gasteiger partial charge in [-0.1, -0.05) is 12.1 Å². The summed E-state index contributed by atoms with van der Waals surface area (Å²) >= 11 is 0. The van der Waals surface area contributed by atoms with Gasteiger partial charge in [0.2, 0.25) is 10.0 Å². The molecule has 0 saturated heterocycles. The molecule has 0 fully saturated rings. The summed E-state index contributed by atoms with van der Waals surface area (Å²) in [5, 5.41) is 8.68. The van der Waals surface area contributed by atoms with Crippen molar-refractivity contribution in [1.29, 1.82) is 5.26 Å². The Morgan fingerprint density at radius 2 is 2.05 bits per heavy atom. The van der Waals surface area contributed by atoms with Crippen LogP contribution in [-0.4, -0.2) is 20.9 Å². The Kier molecular flexibility index (Phi) is 4.60. The Morgan fingerprint density at radius 1 is 1.33 bits per heavy atom. The maximum Gasteiger partial charge on any atom is 0.263 e. The fourth-order valence-corrected chi connectivity index (χ4v) is 2.99. The van der Waals surface area contributed by atoms with Crippen molar-refractivity contribution in [1.82, 2.24) is 4.72 Å². The number of nitrogens with one attached hydrogen (secondary N) is 1. The van der Waals surface area contributed by atoms with Gasteiger partial charge in [0.15, 0.2) is 0 Å². The summed E-state index contributed by atoms with van der Waals surface area (Å²) in [7, 11) is -3.78. The first-order valence-electron chi connectivity index (χ1n) is 6.35. The standard InChI is InChI=1S/C14H14N2O4S/c15-8-11-3-5-12(6-4-11)10-21(18,19)16-14(17)13-2-1-7-20-9-13/h3-6,9H,1-2,7,10H2,(H,16,17). The lowest BCUT2D eigenvalue weighted by molar-refractivity contribution is -0.116. The SMILES string of the molecule is N#Cc1ccc(CS(=O)(=O)NC(=O)C2=COCCC2)cc1. The van der Waals surface area contributed by atoms with E-state index in [-0.39, 0.29) is 5.75 Å². The molecule has 1 aliphatic rings. The first kappa shape index (κ1) is 15.1. The fraction of sp³-hybridized carbons (Fsp3) is 0.286. The molecule has 1 aromatic rings. The molecule has 0 saturated carbocycles. The first-order valence-corrected chi connectivity index (χ1v) is 8.00. The molecule has 0 aromatic heterocycles. The average molecular weight is 306 g/mol. The van der Waals surface area contributed by atoms with E-state index in [9.17, 15) is 13.2 Å². The van der Waals surface area contributed by atoms with Crippen LogP contribution in [0.4, 0.5) is 0 Å². The summed E-state index contributed by atoms with van der Waals surface area (Å²) in [6.45, 7) is 0.536. The van der Waals surface area contributed by atoms with Gasteiger partial charge < -0.3 is 4.74 Å². The normalized spacial score (nSPS) is 14.5.